The largest absolute Gasteiger partial charge is 0.573 e. The van der Waals surface area contributed by atoms with Crippen LogP contribution in [-0.2, 0) is 16.0 Å². The van der Waals surface area contributed by atoms with Gasteiger partial charge in [0.15, 0.2) is 0 Å². The Hall–Kier alpha value is -2.75. The maximum atomic E-state index is 12.7. The van der Waals surface area contributed by atoms with E-state index in [1.165, 1.54) is 19.1 Å². The number of fused-ring (bicyclic) bond motifs is 1. The number of anilines is 1. The van der Waals surface area contributed by atoms with E-state index in [9.17, 15) is 18.0 Å². The summed E-state index contributed by atoms with van der Waals surface area (Å²) in [4.78, 5) is 15.4. The molecule has 0 aromatic heterocycles. The van der Waals surface area contributed by atoms with Gasteiger partial charge in [0.1, 0.15) is 11.6 Å². The zero-order valence-corrected chi connectivity index (χ0v) is 17.9. The van der Waals surface area contributed by atoms with Crippen LogP contribution in [-0.4, -0.2) is 61.9 Å². The second kappa shape index (κ2) is 9.01. The highest BCUT2D eigenvalue weighted by Gasteiger charge is 2.33. The van der Waals surface area contributed by atoms with E-state index < -0.39 is 6.36 Å². The van der Waals surface area contributed by atoms with Crippen LogP contribution in [0.4, 0.5) is 18.9 Å². The molecule has 0 radical (unpaired) electrons. The Morgan fingerprint density at radius 2 is 2.09 bits per heavy atom. The van der Waals surface area contributed by atoms with Crippen molar-refractivity contribution >= 4 is 17.4 Å². The summed E-state index contributed by atoms with van der Waals surface area (Å²) >= 11 is 0. The van der Waals surface area contributed by atoms with Gasteiger partial charge in [0.25, 0.3) is 0 Å². The predicted octanol–water partition coefficient (Wildman–Crippen LogP) is 3.20. The highest BCUT2D eigenvalue weighted by molar-refractivity contribution is 6.09. The number of amidine groups is 1. The van der Waals surface area contributed by atoms with Gasteiger partial charge >= 0.3 is 6.36 Å². The molecule has 1 amide bonds. The summed E-state index contributed by atoms with van der Waals surface area (Å²) in [6, 6.07) is 4.43. The number of rotatable bonds is 4. The molecule has 7 nitrogen and oxygen atoms in total. The number of ether oxygens (including phenoxy) is 2. The fourth-order valence-electron chi connectivity index (χ4n) is 4.45. The summed E-state index contributed by atoms with van der Waals surface area (Å²) in [5.74, 6) is -0.179. The third-order valence-electron chi connectivity index (χ3n) is 6.06. The maximum absolute atomic E-state index is 12.7. The molecule has 0 unspecified atom stereocenters. The van der Waals surface area contributed by atoms with Gasteiger partial charge in [-0.1, -0.05) is 6.07 Å². The van der Waals surface area contributed by atoms with Crippen LogP contribution in [0.1, 0.15) is 31.7 Å². The highest BCUT2D eigenvalue weighted by Crippen LogP contribution is 2.35. The van der Waals surface area contributed by atoms with Gasteiger partial charge in [-0.25, -0.2) is 0 Å². The van der Waals surface area contributed by atoms with Gasteiger partial charge in [0, 0.05) is 56.1 Å². The number of amides is 1. The Morgan fingerprint density at radius 3 is 2.78 bits per heavy atom. The smallest absolute Gasteiger partial charge is 0.406 e. The van der Waals surface area contributed by atoms with E-state index in [4.69, 9.17) is 10.1 Å². The van der Waals surface area contributed by atoms with Crippen molar-refractivity contribution in [1.29, 1.82) is 5.41 Å². The summed E-state index contributed by atoms with van der Waals surface area (Å²) in [6.45, 7) is 4.12. The van der Waals surface area contributed by atoms with Crippen molar-refractivity contribution in [2.75, 3.05) is 37.7 Å². The summed E-state index contributed by atoms with van der Waals surface area (Å²) in [5, 5.41) is 12.5. The second-order valence-corrected chi connectivity index (χ2v) is 8.29. The number of nitrogens with zero attached hydrogens (tertiary/aromatic N) is 2. The number of nitrogens with one attached hydrogen (secondary N) is 2. The van der Waals surface area contributed by atoms with Crippen LogP contribution in [0, 0.1) is 5.41 Å². The third-order valence-corrected chi connectivity index (χ3v) is 6.06. The molecular weight excluding hydrogens is 425 g/mol. The molecule has 1 fully saturated rings. The van der Waals surface area contributed by atoms with E-state index in [2.05, 4.69) is 10.1 Å². The summed E-state index contributed by atoms with van der Waals surface area (Å²) in [6.07, 6.45) is -1.83. The standard InChI is InChI=1S/C22H27F3N4O3/c1-14(30)28-9-6-19(27-16-7-10-31-13-16)18(12-28)21(26)29-8-2-3-15-4-5-17(11-20(15)29)32-22(23,24)25/h4-5,11,16,26-27H,2-3,6-10,12-13H2,1H3/t16-/m0/s1. The van der Waals surface area contributed by atoms with Crippen molar-refractivity contribution in [3.63, 3.8) is 0 Å². The first-order valence-electron chi connectivity index (χ1n) is 10.8. The number of hydrogen-bond donors (Lipinski definition) is 2. The number of alkyl halides is 3. The molecule has 4 rings (SSSR count). The quantitative estimate of drug-likeness (QED) is 0.542. The van der Waals surface area contributed by atoms with Crippen molar-refractivity contribution < 1.29 is 27.4 Å². The first kappa shape index (κ1) is 22.4. The second-order valence-electron chi connectivity index (χ2n) is 8.29. The molecule has 1 saturated heterocycles. The van der Waals surface area contributed by atoms with Crippen molar-refractivity contribution in [2.24, 2.45) is 0 Å². The Kier molecular flexibility index (Phi) is 6.32. The third kappa shape index (κ3) is 5.01. The van der Waals surface area contributed by atoms with Gasteiger partial charge in [-0.15, -0.1) is 13.2 Å². The molecule has 174 valence electrons. The van der Waals surface area contributed by atoms with Crippen molar-refractivity contribution in [1.82, 2.24) is 10.2 Å². The maximum Gasteiger partial charge on any atom is 0.573 e. The number of halogens is 3. The molecule has 32 heavy (non-hydrogen) atoms. The lowest BCUT2D eigenvalue weighted by molar-refractivity contribution is -0.274. The van der Waals surface area contributed by atoms with Gasteiger partial charge < -0.3 is 24.6 Å². The Labute approximate surface area is 184 Å². The van der Waals surface area contributed by atoms with Crippen molar-refractivity contribution in [2.45, 2.75) is 45.0 Å². The molecule has 1 aromatic rings. The number of carbonyl (C=O) groups excluding carboxylic acids is 1. The molecule has 3 aliphatic heterocycles. The van der Waals surface area contributed by atoms with E-state index in [0.717, 1.165) is 24.1 Å². The molecule has 0 aliphatic carbocycles. The van der Waals surface area contributed by atoms with E-state index >= 15 is 0 Å². The van der Waals surface area contributed by atoms with E-state index in [1.54, 1.807) is 15.9 Å². The molecule has 0 bridgehead atoms. The molecule has 10 heteroatoms. The Balaban J connectivity index is 1.65. The van der Waals surface area contributed by atoms with E-state index in [1.807, 2.05) is 0 Å². The highest BCUT2D eigenvalue weighted by atomic mass is 19.4. The minimum atomic E-state index is -4.78. The number of aryl methyl sites for hydroxylation is 1. The van der Waals surface area contributed by atoms with Crippen LogP contribution in [0.2, 0.25) is 0 Å². The van der Waals surface area contributed by atoms with Gasteiger partial charge in [0.2, 0.25) is 5.91 Å². The number of hydrogen-bond acceptors (Lipinski definition) is 5. The fourth-order valence-corrected chi connectivity index (χ4v) is 4.45. The SMILES string of the molecule is CC(=O)N1CCC(N[C@H]2CCOC2)=C(C(=N)N2CCCc3ccc(OC(F)(F)F)cc32)C1. The minimum absolute atomic E-state index is 0.0709. The zero-order valence-electron chi connectivity index (χ0n) is 17.9. The van der Waals surface area contributed by atoms with Crippen molar-refractivity contribution in [3.8, 4) is 5.75 Å². The van der Waals surface area contributed by atoms with Crippen molar-refractivity contribution in [3.05, 3.63) is 35.0 Å². The topological polar surface area (TPSA) is 77.9 Å². The zero-order chi connectivity index (χ0) is 22.9. The predicted molar refractivity (Wildman–Crippen MR) is 113 cm³/mol. The average molecular weight is 452 g/mol. The van der Waals surface area contributed by atoms with Crippen LogP contribution in [0.25, 0.3) is 0 Å². The summed E-state index contributed by atoms with van der Waals surface area (Å²) in [7, 11) is 0. The lowest BCUT2D eigenvalue weighted by atomic mass is 9.98. The summed E-state index contributed by atoms with van der Waals surface area (Å²) in [5.41, 5.74) is 3.00. The number of benzene rings is 1. The molecule has 3 heterocycles. The van der Waals surface area contributed by atoms with E-state index in [-0.39, 0.29) is 30.1 Å². The van der Waals surface area contributed by atoms with Gasteiger partial charge in [-0.3, -0.25) is 10.2 Å². The molecule has 1 aromatic carbocycles. The van der Waals surface area contributed by atoms with Gasteiger partial charge in [-0.2, -0.15) is 0 Å². The molecular formula is C22H27F3N4O3. The average Bonchev–Trinajstić information content (AvgIpc) is 3.25. The Morgan fingerprint density at radius 1 is 1.28 bits per heavy atom. The monoisotopic (exact) mass is 452 g/mol. The Bertz CT molecular complexity index is 925. The van der Waals surface area contributed by atoms with Crippen LogP contribution < -0.4 is 15.0 Å². The van der Waals surface area contributed by atoms with Crippen LogP contribution >= 0.6 is 0 Å². The lowest BCUT2D eigenvalue weighted by Gasteiger charge is -2.37. The number of carbonyl (C=O) groups is 1. The first-order chi connectivity index (χ1) is 15.2. The van der Waals surface area contributed by atoms with Gasteiger partial charge in [-0.05, 0) is 30.9 Å². The van der Waals surface area contributed by atoms with Crippen LogP contribution in [0.3, 0.4) is 0 Å². The molecule has 0 saturated carbocycles. The lowest BCUT2D eigenvalue weighted by Crippen LogP contribution is -2.46. The minimum Gasteiger partial charge on any atom is -0.406 e. The molecule has 2 N–H and O–H groups in total. The molecule has 1 atom stereocenters. The fraction of sp³-hybridized carbons (Fsp3) is 0.545. The van der Waals surface area contributed by atoms with Crippen LogP contribution in [0.15, 0.2) is 29.5 Å². The summed E-state index contributed by atoms with van der Waals surface area (Å²) < 4.78 is 47.8. The van der Waals surface area contributed by atoms with E-state index in [0.29, 0.717) is 50.4 Å². The first-order valence-corrected chi connectivity index (χ1v) is 10.8. The molecule has 3 aliphatic rings. The molecule has 0 spiro atoms. The van der Waals surface area contributed by atoms with Crippen LogP contribution in [0.5, 0.6) is 5.75 Å². The van der Waals surface area contributed by atoms with Gasteiger partial charge in [0.05, 0.1) is 19.2 Å². The normalized spacial score (nSPS) is 21.4.